The molecule has 0 radical (unpaired) electrons. The van der Waals surface area contributed by atoms with Gasteiger partial charge < -0.3 is 19.6 Å². The van der Waals surface area contributed by atoms with E-state index in [0.717, 1.165) is 5.75 Å². The smallest absolute Gasteiger partial charge is 0.235 e. The molecule has 2 aromatic heterocycles. The summed E-state index contributed by atoms with van der Waals surface area (Å²) in [5.41, 5.74) is 7.26. The Hall–Kier alpha value is -2.76. The Balaban J connectivity index is 1.68. The van der Waals surface area contributed by atoms with Crippen molar-refractivity contribution >= 4 is 16.9 Å². The van der Waals surface area contributed by atoms with Gasteiger partial charge in [0.2, 0.25) is 5.89 Å². The van der Waals surface area contributed by atoms with Crippen molar-refractivity contribution in [2.45, 2.75) is 13.5 Å². The van der Waals surface area contributed by atoms with Crippen molar-refractivity contribution in [1.29, 1.82) is 0 Å². The lowest BCUT2D eigenvalue weighted by Crippen LogP contribution is -1.96. The number of benzene rings is 1. The van der Waals surface area contributed by atoms with Crippen LogP contribution in [0.3, 0.4) is 0 Å². The highest BCUT2D eigenvalue weighted by molar-refractivity contribution is 5.71. The van der Waals surface area contributed by atoms with Gasteiger partial charge in [-0.3, -0.25) is 0 Å². The lowest BCUT2D eigenvalue weighted by Gasteiger charge is -2.05. The number of nitrogen functional groups attached to an aromatic ring is 1. The molecule has 2 heterocycles. The van der Waals surface area contributed by atoms with Gasteiger partial charge in [-0.25, -0.2) is 4.98 Å². The van der Waals surface area contributed by atoms with Crippen LogP contribution < -0.4 is 15.2 Å². The Bertz CT molecular complexity index is 738. The maximum atomic E-state index is 5.64. The monoisotopic (exact) mass is 285 g/mol. The third kappa shape index (κ3) is 3.05. The summed E-state index contributed by atoms with van der Waals surface area (Å²) in [6, 6.07) is 9.07. The predicted molar refractivity (Wildman–Crippen MR) is 78.2 cm³/mol. The molecule has 0 atom stereocenters. The SMILES string of the molecule is CCOc1ccc(OCc2nc3ncc(N)cc3o2)cc1. The molecule has 21 heavy (non-hydrogen) atoms. The fraction of sp³-hybridized carbons (Fsp3) is 0.200. The van der Waals surface area contributed by atoms with Crippen LogP contribution in [-0.2, 0) is 6.61 Å². The summed E-state index contributed by atoms with van der Waals surface area (Å²) in [5.74, 6) is 1.98. The van der Waals surface area contributed by atoms with E-state index in [1.807, 2.05) is 31.2 Å². The van der Waals surface area contributed by atoms with Crippen LogP contribution in [0.4, 0.5) is 5.69 Å². The molecule has 0 unspecified atom stereocenters. The molecule has 108 valence electrons. The highest BCUT2D eigenvalue weighted by atomic mass is 16.5. The zero-order chi connectivity index (χ0) is 14.7. The second-order valence-electron chi connectivity index (χ2n) is 4.39. The number of aromatic nitrogens is 2. The molecular weight excluding hydrogens is 270 g/mol. The molecule has 0 saturated carbocycles. The van der Waals surface area contributed by atoms with E-state index in [9.17, 15) is 0 Å². The van der Waals surface area contributed by atoms with E-state index >= 15 is 0 Å². The van der Waals surface area contributed by atoms with Crippen molar-refractivity contribution in [2.24, 2.45) is 0 Å². The molecule has 0 saturated heterocycles. The van der Waals surface area contributed by atoms with Crippen molar-refractivity contribution in [2.75, 3.05) is 12.3 Å². The number of nitrogens with two attached hydrogens (primary N) is 1. The summed E-state index contributed by atoms with van der Waals surface area (Å²) in [7, 11) is 0. The second kappa shape index (κ2) is 5.70. The molecule has 0 aliphatic carbocycles. The predicted octanol–water partition coefficient (Wildman–Crippen LogP) is 2.78. The Labute approximate surface area is 121 Å². The van der Waals surface area contributed by atoms with Crippen LogP contribution in [-0.4, -0.2) is 16.6 Å². The molecule has 3 rings (SSSR count). The molecule has 0 fully saturated rings. The van der Waals surface area contributed by atoms with Crippen molar-refractivity contribution < 1.29 is 13.9 Å². The average Bonchev–Trinajstić information content (AvgIpc) is 2.89. The van der Waals surface area contributed by atoms with Crippen LogP contribution in [0.2, 0.25) is 0 Å². The van der Waals surface area contributed by atoms with E-state index in [2.05, 4.69) is 9.97 Å². The molecule has 6 heteroatoms. The minimum absolute atomic E-state index is 0.226. The van der Waals surface area contributed by atoms with E-state index in [4.69, 9.17) is 19.6 Å². The van der Waals surface area contributed by atoms with Gasteiger partial charge in [0.25, 0.3) is 0 Å². The zero-order valence-corrected chi connectivity index (χ0v) is 11.6. The quantitative estimate of drug-likeness (QED) is 0.776. The van der Waals surface area contributed by atoms with E-state index < -0.39 is 0 Å². The minimum Gasteiger partial charge on any atom is -0.494 e. The Morgan fingerprint density at radius 3 is 2.57 bits per heavy atom. The van der Waals surface area contributed by atoms with Crippen LogP contribution >= 0.6 is 0 Å². The first-order valence-corrected chi connectivity index (χ1v) is 6.61. The highest BCUT2D eigenvalue weighted by Gasteiger charge is 2.08. The summed E-state index contributed by atoms with van der Waals surface area (Å²) in [4.78, 5) is 8.32. The summed E-state index contributed by atoms with van der Waals surface area (Å²) >= 11 is 0. The van der Waals surface area contributed by atoms with Crippen molar-refractivity contribution in [3.8, 4) is 11.5 Å². The van der Waals surface area contributed by atoms with Crippen molar-refractivity contribution in [1.82, 2.24) is 9.97 Å². The third-order valence-corrected chi connectivity index (χ3v) is 2.81. The Morgan fingerprint density at radius 2 is 1.86 bits per heavy atom. The standard InChI is InChI=1S/C15H15N3O3/c1-2-19-11-3-5-12(6-4-11)20-9-14-18-15-13(21-14)7-10(16)8-17-15/h3-8H,2,9,16H2,1H3. The molecule has 1 aromatic carbocycles. The molecule has 3 aromatic rings. The first-order chi connectivity index (χ1) is 10.2. The molecule has 2 N–H and O–H groups in total. The number of fused-ring (bicyclic) bond motifs is 1. The summed E-state index contributed by atoms with van der Waals surface area (Å²) in [6.45, 7) is 2.81. The number of pyridine rings is 1. The van der Waals surface area contributed by atoms with Crippen LogP contribution in [0.15, 0.2) is 40.9 Å². The molecular formula is C15H15N3O3. The highest BCUT2D eigenvalue weighted by Crippen LogP contribution is 2.20. The largest absolute Gasteiger partial charge is 0.494 e. The molecule has 6 nitrogen and oxygen atoms in total. The zero-order valence-electron chi connectivity index (χ0n) is 11.6. The molecule has 0 aliphatic heterocycles. The summed E-state index contributed by atoms with van der Waals surface area (Å²) < 4.78 is 16.5. The van der Waals surface area contributed by atoms with Crippen LogP contribution in [0.25, 0.3) is 11.2 Å². The molecule has 0 amide bonds. The topological polar surface area (TPSA) is 83.4 Å². The normalized spacial score (nSPS) is 10.7. The van der Waals surface area contributed by atoms with Gasteiger partial charge in [-0.05, 0) is 31.2 Å². The number of nitrogens with zero attached hydrogens (tertiary/aromatic N) is 2. The van der Waals surface area contributed by atoms with E-state index in [-0.39, 0.29) is 6.61 Å². The Morgan fingerprint density at radius 1 is 1.14 bits per heavy atom. The number of rotatable bonds is 5. The number of oxazole rings is 1. The van der Waals surface area contributed by atoms with E-state index in [1.165, 1.54) is 0 Å². The van der Waals surface area contributed by atoms with Gasteiger partial charge in [0.05, 0.1) is 18.5 Å². The maximum Gasteiger partial charge on any atom is 0.235 e. The van der Waals surface area contributed by atoms with Gasteiger partial charge in [-0.2, -0.15) is 4.98 Å². The fourth-order valence-electron chi connectivity index (χ4n) is 1.88. The van der Waals surface area contributed by atoms with Gasteiger partial charge in [0, 0.05) is 6.07 Å². The lowest BCUT2D eigenvalue weighted by molar-refractivity contribution is 0.266. The van der Waals surface area contributed by atoms with Crippen molar-refractivity contribution in [3.05, 3.63) is 42.4 Å². The number of hydrogen-bond acceptors (Lipinski definition) is 6. The second-order valence-corrected chi connectivity index (χ2v) is 4.39. The number of hydrogen-bond donors (Lipinski definition) is 1. The maximum absolute atomic E-state index is 5.64. The summed E-state index contributed by atoms with van der Waals surface area (Å²) in [5, 5.41) is 0. The van der Waals surface area contributed by atoms with Crippen molar-refractivity contribution in [3.63, 3.8) is 0 Å². The number of anilines is 1. The van der Waals surface area contributed by atoms with Gasteiger partial charge in [-0.15, -0.1) is 0 Å². The first-order valence-electron chi connectivity index (χ1n) is 6.61. The van der Waals surface area contributed by atoms with Gasteiger partial charge in [0.1, 0.15) is 11.5 Å². The van der Waals surface area contributed by atoms with Gasteiger partial charge >= 0.3 is 0 Å². The lowest BCUT2D eigenvalue weighted by atomic mass is 10.3. The molecule has 0 bridgehead atoms. The fourth-order valence-corrected chi connectivity index (χ4v) is 1.88. The molecule has 0 aliphatic rings. The van der Waals surface area contributed by atoms with Crippen LogP contribution in [0.1, 0.15) is 12.8 Å². The third-order valence-electron chi connectivity index (χ3n) is 2.81. The van der Waals surface area contributed by atoms with Gasteiger partial charge in [-0.1, -0.05) is 0 Å². The van der Waals surface area contributed by atoms with E-state index in [1.54, 1.807) is 12.3 Å². The van der Waals surface area contributed by atoms with E-state index in [0.29, 0.717) is 35.2 Å². The molecule has 0 spiro atoms. The minimum atomic E-state index is 0.226. The first kappa shape index (κ1) is 13.2. The average molecular weight is 285 g/mol. The summed E-state index contributed by atoms with van der Waals surface area (Å²) in [6.07, 6.45) is 1.54. The van der Waals surface area contributed by atoms with Crippen LogP contribution in [0.5, 0.6) is 11.5 Å². The number of ether oxygens (including phenoxy) is 2. The van der Waals surface area contributed by atoms with Crippen LogP contribution in [0, 0.1) is 0 Å². The van der Waals surface area contributed by atoms with Gasteiger partial charge in [0.15, 0.2) is 17.8 Å². The Kier molecular flexibility index (Phi) is 3.59.